The number of carbonyl (C=O) groups excluding carboxylic acids is 3. The Morgan fingerprint density at radius 3 is 2.71 bits per heavy atom. The lowest BCUT2D eigenvalue weighted by Crippen LogP contribution is -2.43. The minimum atomic E-state index is -0.875. The summed E-state index contributed by atoms with van der Waals surface area (Å²) in [6.45, 7) is 5.13. The highest BCUT2D eigenvalue weighted by Gasteiger charge is 2.20. The summed E-state index contributed by atoms with van der Waals surface area (Å²) < 4.78 is 22.6. The van der Waals surface area contributed by atoms with Crippen molar-refractivity contribution in [2.75, 3.05) is 52.7 Å². The highest BCUT2D eigenvalue weighted by Crippen LogP contribution is 2.36. The van der Waals surface area contributed by atoms with Gasteiger partial charge in [-0.1, -0.05) is 0 Å². The van der Waals surface area contributed by atoms with E-state index in [-0.39, 0.29) is 25.2 Å². The molecule has 0 unspecified atom stereocenters. The smallest absolute Gasteiger partial charge is 0.329 e. The summed E-state index contributed by atoms with van der Waals surface area (Å²) in [5.41, 5.74) is 2.78. The second-order valence-electron chi connectivity index (χ2n) is 7.59. The lowest BCUT2D eigenvalue weighted by atomic mass is 10.2. The Kier molecular flexibility index (Phi) is 10.1. The van der Waals surface area contributed by atoms with E-state index in [1.54, 1.807) is 17.0 Å². The summed E-state index contributed by atoms with van der Waals surface area (Å²) in [6, 6.07) is 3.36. The van der Waals surface area contributed by atoms with Crippen molar-refractivity contribution in [2.24, 2.45) is 5.10 Å². The molecule has 2 N–H and O–H groups in total. The zero-order valence-electron chi connectivity index (χ0n) is 19.0. The Labute approximate surface area is 206 Å². The minimum Gasteiger partial charge on any atom is -0.490 e. The van der Waals surface area contributed by atoms with E-state index in [2.05, 4.69) is 31.8 Å². The standard InChI is InChI=1S/C22H29BrN4O7/c1-2-32-18-11-15(12-25-26-22(30)21(29)24-13-16-4-3-7-33-16)10-17(23)20(18)34-14-19(28)27-5-8-31-9-6-27/h10-12,16H,2-9,13-14H2,1H3,(H,24,29)(H,26,30)/b25-12-/t16-/m1/s1. The quantitative estimate of drug-likeness (QED) is 0.269. The molecule has 186 valence electrons. The molecule has 3 amide bonds. The first-order chi connectivity index (χ1) is 16.5. The van der Waals surface area contributed by atoms with Crippen LogP contribution in [0.5, 0.6) is 11.5 Å². The van der Waals surface area contributed by atoms with E-state index >= 15 is 0 Å². The molecule has 12 heteroatoms. The van der Waals surface area contributed by atoms with Gasteiger partial charge < -0.3 is 29.2 Å². The number of amides is 3. The minimum absolute atomic E-state index is 0.0560. The second-order valence-corrected chi connectivity index (χ2v) is 8.44. The molecule has 2 fully saturated rings. The predicted octanol–water partition coefficient (Wildman–Crippen LogP) is 0.831. The fourth-order valence-electron chi connectivity index (χ4n) is 3.41. The van der Waals surface area contributed by atoms with Gasteiger partial charge in [0.1, 0.15) is 0 Å². The molecule has 1 aromatic rings. The Morgan fingerprint density at radius 1 is 1.21 bits per heavy atom. The van der Waals surface area contributed by atoms with E-state index in [1.165, 1.54) is 6.21 Å². The summed E-state index contributed by atoms with van der Waals surface area (Å²) in [4.78, 5) is 37.9. The third-order valence-electron chi connectivity index (χ3n) is 5.14. The van der Waals surface area contributed by atoms with E-state index in [0.29, 0.717) is 61.1 Å². The van der Waals surface area contributed by atoms with Crippen molar-refractivity contribution in [3.8, 4) is 11.5 Å². The number of hydrogen-bond donors (Lipinski definition) is 2. The van der Waals surface area contributed by atoms with Crippen molar-refractivity contribution in [2.45, 2.75) is 25.9 Å². The van der Waals surface area contributed by atoms with Crippen LogP contribution in [0, 0.1) is 0 Å². The Bertz CT molecular complexity index is 899. The number of nitrogens with one attached hydrogen (secondary N) is 2. The van der Waals surface area contributed by atoms with Crippen molar-refractivity contribution in [3.63, 3.8) is 0 Å². The maximum Gasteiger partial charge on any atom is 0.329 e. The summed E-state index contributed by atoms with van der Waals surface area (Å²) >= 11 is 3.44. The summed E-state index contributed by atoms with van der Waals surface area (Å²) in [5.74, 6) is -0.992. The van der Waals surface area contributed by atoms with E-state index < -0.39 is 11.8 Å². The van der Waals surface area contributed by atoms with Gasteiger partial charge in [-0.2, -0.15) is 5.10 Å². The second kappa shape index (κ2) is 13.3. The van der Waals surface area contributed by atoms with Crippen LogP contribution >= 0.6 is 15.9 Å². The van der Waals surface area contributed by atoms with Gasteiger partial charge in [0, 0.05) is 26.2 Å². The average Bonchev–Trinajstić information content (AvgIpc) is 3.36. The molecule has 34 heavy (non-hydrogen) atoms. The van der Waals surface area contributed by atoms with Crippen LogP contribution in [0.3, 0.4) is 0 Å². The number of nitrogens with zero attached hydrogens (tertiary/aromatic N) is 2. The van der Waals surface area contributed by atoms with Crippen LogP contribution in [0.1, 0.15) is 25.3 Å². The number of morpholine rings is 1. The molecular formula is C22H29BrN4O7. The molecule has 0 aromatic heterocycles. The molecule has 1 atom stereocenters. The van der Waals surface area contributed by atoms with Crippen LogP contribution in [-0.2, 0) is 23.9 Å². The van der Waals surface area contributed by atoms with Crippen LogP contribution in [0.15, 0.2) is 21.7 Å². The Hall–Kier alpha value is -2.70. The molecule has 3 rings (SSSR count). The van der Waals surface area contributed by atoms with Crippen LogP contribution in [0.2, 0.25) is 0 Å². The molecule has 2 aliphatic rings. The monoisotopic (exact) mass is 540 g/mol. The van der Waals surface area contributed by atoms with Gasteiger partial charge in [0.05, 0.1) is 36.6 Å². The number of hydrazone groups is 1. The zero-order chi connectivity index (χ0) is 24.3. The molecule has 2 aliphatic heterocycles. The third-order valence-corrected chi connectivity index (χ3v) is 5.72. The molecule has 0 spiro atoms. The van der Waals surface area contributed by atoms with Gasteiger partial charge in [0.15, 0.2) is 18.1 Å². The van der Waals surface area contributed by atoms with Crippen molar-refractivity contribution < 1.29 is 33.3 Å². The molecule has 2 heterocycles. The average molecular weight is 541 g/mol. The van der Waals surface area contributed by atoms with Crippen LogP contribution in [0.4, 0.5) is 0 Å². The van der Waals surface area contributed by atoms with Crippen molar-refractivity contribution in [3.05, 3.63) is 22.2 Å². The highest BCUT2D eigenvalue weighted by molar-refractivity contribution is 9.10. The van der Waals surface area contributed by atoms with Crippen LogP contribution in [0.25, 0.3) is 0 Å². The summed E-state index contributed by atoms with van der Waals surface area (Å²) in [5, 5.41) is 6.37. The van der Waals surface area contributed by atoms with Gasteiger partial charge in [-0.3, -0.25) is 14.4 Å². The Balaban J connectivity index is 1.55. The molecule has 1 aromatic carbocycles. The highest BCUT2D eigenvalue weighted by atomic mass is 79.9. The molecule has 2 saturated heterocycles. The molecule has 0 aliphatic carbocycles. The van der Waals surface area contributed by atoms with Gasteiger partial charge in [0.25, 0.3) is 5.91 Å². The van der Waals surface area contributed by atoms with Crippen molar-refractivity contribution in [1.82, 2.24) is 15.6 Å². The van der Waals surface area contributed by atoms with E-state index in [0.717, 1.165) is 12.8 Å². The number of ether oxygens (including phenoxy) is 4. The van der Waals surface area contributed by atoms with E-state index in [1.807, 2.05) is 6.92 Å². The van der Waals surface area contributed by atoms with Gasteiger partial charge in [-0.05, 0) is 53.4 Å². The lowest BCUT2D eigenvalue weighted by molar-refractivity contribution is -0.139. The SMILES string of the molecule is CCOc1cc(/C=N\NC(=O)C(=O)NC[C@H]2CCCO2)cc(Br)c1OCC(=O)N1CCOCC1. The van der Waals surface area contributed by atoms with Gasteiger partial charge in [0.2, 0.25) is 0 Å². The van der Waals surface area contributed by atoms with Crippen LogP contribution in [-0.4, -0.2) is 87.6 Å². The number of halogens is 1. The van der Waals surface area contributed by atoms with E-state index in [9.17, 15) is 14.4 Å². The maximum absolute atomic E-state index is 12.4. The fourth-order valence-corrected chi connectivity index (χ4v) is 3.99. The fraction of sp³-hybridized carbons (Fsp3) is 0.545. The third kappa shape index (κ3) is 7.67. The molecular weight excluding hydrogens is 512 g/mol. The Morgan fingerprint density at radius 2 is 2.00 bits per heavy atom. The zero-order valence-corrected chi connectivity index (χ0v) is 20.6. The first-order valence-electron chi connectivity index (χ1n) is 11.2. The summed E-state index contributed by atoms with van der Waals surface area (Å²) in [6.07, 6.45) is 3.13. The van der Waals surface area contributed by atoms with E-state index in [4.69, 9.17) is 18.9 Å². The lowest BCUT2D eigenvalue weighted by Gasteiger charge is -2.27. The first-order valence-corrected chi connectivity index (χ1v) is 11.9. The predicted molar refractivity (Wildman–Crippen MR) is 126 cm³/mol. The largest absolute Gasteiger partial charge is 0.490 e. The number of rotatable bonds is 9. The number of hydrogen-bond acceptors (Lipinski definition) is 8. The van der Waals surface area contributed by atoms with Gasteiger partial charge in [-0.15, -0.1) is 0 Å². The molecule has 0 radical (unpaired) electrons. The van der Waals surface area contributed by atoms with Crippen molar-refractivity contribution in [1.29, 1.82) is 0 Å². The molecule has 0 saturated carbocycles. The van der Waals surface area contributed by atoms with Gasteiger partial charge in [-0.25, -0.2) is 5.43 Å². The van der Waals surface area contributed by atoms with Crippen molar-refractivity contribution >= 4 is 39.9 Å². The number of carbonyl (C=O) groups is 3. The van der Waals surface area contributed by atoms with Crippen LogP contribution < -0.4 is 20.2 Å². The number of benzene rings is 1. The molecule has 11 nitrogen and oxygen atoms in total. The van der Waals surface area contributed by atoms with Gasteiger partial charge >= 0.3 is 11.8 Å². The first kappa shape index (κ1) is 25.9. The molecule has 0 bridgehead atoms. The summed E-state index contributed by atoms with van der Waals surface area (Å²) in [7, 11) is 0. The normalized spacial score (nSPS) is 18.1. The maximum atomic E-state index is 12.4. The topological polar surface area (TPSA) is 128 Å².